The molecule has 4 N–H and O–H groups in total. The van der Waals surface area contributed by atoms with Crippen LogP contribution in [0.25, 0.3) is 0 Å². The van der Waals surface area contributed by atoms with Gasteiger partial charge in [-0.25, -0.2) is 4.39 Å². The lowest BCUT2D eigenvalue weighted by molar-refractivity contribution is -0.271. The Hall–Kier alpha value is -0.270. The standard InChI is InChI=1S/C6H11FO5/c7-3-5(10)4(9)2(1-8)12-6(3)11/h2-6,8-11H,1H2/t2-,3-,4-,5-,6?/m1/s1/i7-1. The average molecular weight is 181 g/mol. The van der Waals surface area contributed by atoms with Gasteiger partial charge in [0.2, 0.25) is 0 Å². The third kappa shape index (κ3) is 1.57. The highest BCUT2D eigenvalue weighted by Crippen LogP contribution is 2.21. The van der Waals surface area contributed by atoms with Crippen molar-refractivity contribution < 1.29 is 29.6 Å². The lowest BCUT2D eigenvalue weighted by Crippen LogP contribution is -2.56. The maximum absolute atomic E-state index is 12.7. The molecule has 0 aromatic rings. The van der Waals surface area contributed by atoms with Crippen molar-refractivity contribution in [2.75, 3.05) is 6.61 Å². The molecule has 0 saturated carbocycles. The highest BCUT2D eigenvalue weighted by Gasteiger charge is 2.43. The fourth-order valence-corrected chi connectivity index (χ4v) is 1.06. The minimum atomic E-state index is -2.04. The Morgan fingerprint density at radius 3 is 2.25 bits per heavy atom. The number of halogens is 1. The molecule has 1 fully saturated rings. The zero-order valence-corrected chi connectivity index (χ0v) is 6.17. The van der Waals surface area contributed by atoms with Crippen LogP contribution in [0.2, 0.25) is 0 Å². The van der Waals surface area contributed by atoms with Gasteiger partial charge in [0.1, 0.15) is 18.3 Å². The van der Waals surface area contributed by atoms with Crippen LogP contribution >= 0.6 is 0 Å². The van der Waals surface area contributed by atoms with E-state index in [0.29, 0.717) is 0 Å². The topological polar surface area (TPSA) is 90.2 Å². The first-order valence-electron chi connectivity index (χ1n) is 3.52. The summed E-state index contributed by atoms with van der Waals surface area (Å²) >= 11 is 0. The zero-order valence-electron chi connectivity index (χ0n) is 6.17. The van der Waals surface area contributed by atoms with Gasteiger partial charge in [-0.15, -0.1) is 0 Å². The maximum atomic E-state index is 12.7. The van der Waals surface area contributed by atoms with Crippen LogP contribution in [0.1, 0.15) is 0 Å². The van der Waals surface area contributed by atoms with Gasteiger partial charge in [0.05, 0.1) is 6.61 Å². The number of aliphatic hydroxyl groups excluding tert-OH is 4. The van der Waals surface area contributed by atoms with E-state index >= 15 is 0 Å². The number of aliphatic hydroxyl groups is 4. The first-order valence-corrected chi connectivity index (χ1v) is 3.52. The van der Waals surface area contributed by atoms with Crippen molar-refractivity contribution in [3.63, 3.8) is 0 Å². The molecule has 1 heterocycles. The number of rotatable bonds is 1. The Morgan fingerprint density at radius 1 is 1.17 bits per heavy atom. The van der Waals surface area contributed by atoms with Gasteiger partial charge in [0.15, 0.2) is 12.5 Å². The molecule has 12 heavy (non-hydrogen) atoms. The Bertz CT molecular complexity index is 150. The van der Waals surface area contributed by atoms with E-state index in [1.807, 2.05) is 0 Å². The largest absolute Gasteiger partial charge is 0.394 e. The summed E-state index contributed by atoms with van der Waals surface area (Å²) in [5.74, 6) is 0. The van der Waals surface area contributed by atoms with Gasteiger partial charge in [-0.05, 0) is 0 Å². The Kier molecular flexibility index (Phi) is 2.97. The molecule has 0 amide bonds. The average Bonchev–Trinajstić information content (AvgIpc) is 2.08. The molecule has 1 unspecified atom stereocenters. The van der Waals surface area contributed by atoms with Gasteiger partial charge >= 0.3 is 0 Å². The predicted octanol–water partition coefficient (Wildman–Crippen LogP) is -2.24. The smallest absolute Gasteiger partial charge is 0.189 e. The quantitative estimate of drug-likeness (QED) is 0.367. The van der Waals surface area contributed by atoms with E-state index in [-0.39, 0.29) is 0 Å². The van der Waals surface area contributed by atoms with Gasteiger partial charge < -0.3 is 25.2 Å². The Morgan fingerprint density at radius 2 is 1.75 bits per heavy atom. The third-order valence-corrected chi connectivity index (χ3v) is 1.82. The second-order valence-electron chi connectivity index (χ2n) is 2.67. The lowest BCUT2D eigenvalue weighted by atomic mass is 10.0. The van der Waals surface area contributed by atoms with E-state index in [4.69, 9.17) is 20.4 Å². The van der Waals surface area contributed by atoms with E-state index < -0.39 is 37.4 Å². The first kappa shape index (κ1) is 9.82. The van der Waals surface area contributed by atoms with Crippen LogP contribution in [0.4, 0.5) is 4.39 Å². The summed E-state index contributed by atoms with van der Waals surface area (Å²) < 4.78 is 17.1. The fourth-order valence-electron chi connectivity index (χ4n) is 1.06. The van der Waals surface area contributed by atoms with E-state index in [9.17, 15) is 4.39 Å². The minimum absolute atomic E-state index is 0.581. The molecule has 6 heteroatoms. The molecule has 1 rings (SSSR count). The normalized spacial score (nSPS) is 49.2. The zero-order chi connectivity index (χ0) is 9.30. The molecule has 1 aliphatic rings. The van der Waals surface area contributed by atoms with Gasteiger partial charge in [-0.3, -0.25) is 0 Å². The van der Waals surface area contributed by atoms with Crippen LogP contribution in [0.3, 0.4) is 0 Å². The summed E-state index contributed by atoms with van der Waals surface area (Å²) in [6.07, 6.45) is -8.19. The van der Waals surface area contributed by atoms with Crippen molar-refractivity contribution >= 4 is 0 Å². The van der Waals surface area contributed by atoms with Crippen LogP contribution in [-0.2, 0) is 4.74 Å². The Balaban J connectivity index is 2.63. The highest BCUT2D eigenvalue weighted by molar-refractivity contribution is 4.88. The number of hydrogen-bond acceptors (Lipinski definition) is 5. The number of hydrogen-bond donors (Lipinski definition) is 4. The van der Waals surface area contributed by atoms with Crippen LogP contribution in [0.15, 0.2) is 0 Å². The second kappa shape index (κ2) is 3.63. The molecule has 5 nitrogen and oxygen atoms in total. The van der Waals surface area contributed by atoms with Crippen LogP contribution in [0.5, 0.6) is 0 Å². The van der Waals surface area contributed by atoms with Crippen molar-refractivity contribution in [1.82, 2.24) is 0 Å². The summed E-state index contributed by atoms with van der Waals surface area (Å²) in [7, 11) is 0. The van der Waals surface area contributed by atoms with Crippen molar-refractivity contribution in [2.24, 2.45) is 0 Å². The van der Waals surface area contributed by atoms with Crippen LogP contribution in [0, 0.1) is 0 Å². The molecule has 5 atom stereocenters. The molecule has 0 spiro atoms. The Labute approximate surface area is 68.0 Å². The third-order valence-electron chi connectivity index (χ3n) is 1.82. The summed E-state index contributed by atoms with van der Waals surface area (Å²) in [5, 5.41) is 35.3. The van der Waals surface area contributed by atoms with Crippen LogP contribution < -0.4 is 0 Å². The molecule has 1 aliphatic heterocycles. The highest BCUT2D eigenvalue weighted by atomic mass is 18.2. The maximum Gasteiger partial charge on any atom is 0.189 e. The molecular weight excluding hydrogens is 170 g/mol. The molecule has 0 aromatic heterocycles. The second-order valence-corrected chi connectivity index (χ2v) is 2.67. The van der Waals surface area contributed by atoms with E-state index in [2.05, 4.69) is 4.74 Å². The summed E-state index contributed by atoms with van der Waals surface area (Å²) in [6.45, 7) is -0.581. The lowest BCUT2D eigenvalue weighted by Gasteiger charge is -2.36. The van der Waals surface area contributed by atoms with Crippen molar-refractivity contribution in [3.8, 4) is 0 Å². The van der Waals surface area contributed by atoms with E-state index in [1.54, 1.807) is 0 Å². The molecule has 0 radical (unpaired) electrons. The molecule has 72 valence electrons. The fraction of sp³-hybridized carbons (Fsp3) is 1.00. The number of ether oxygens (including phenoxy) is 1. The first-order chi connectivity index (χ1) is 5.57. The molecular formula is C6H11FO5. The van der Waals surface area contributed by atoms with Crippen LogP contribution in [-0.4, -0.2) is 57.8 Å². The van der Waals surface area contributed by atoms with E-state index in [0.717, 1.165) is 0 Å². The molecule has 0 aromatic carbocycles. The molecule has 1 saturated heterocycles. The monoisotopic (exact) mass is 181 g/mol. The van der Waals surface area contributed by atoms with Crippen molar-refractivity contribution in [2.45, 2.75) is 30.8 Å². The van der Waals surface area contributed by atoms with Gasteiger partial charge in [0.25, 0.3) is 0 Å². The minimum Gasteiger partial charge on any atom is -0.394 e. The van der Waals surface area contributed by atoms with E-state index in [1.165, 1.54) is 0 Å². The molecule has 0 bridgehead atoms. The summed E-state index contributed by atoms with van der Waals surface area (Å²) in [6, 6.07) is 0. The predicted molar refractivity (Wildman–Crippen MR) is 34.9 cm³/mol. The van der Waals surface area contributed by atoms with Gasteiger partial charge in [0, 0.05) is 0 Å². The van der Waals surface area contributed by atoms with Gasteiger partial charge in [-0.1, -0.05) is 0 Å². The SMILES string of the molecule is OC[C@H]1OC(O)[C@H]([18F])[C@@H](O)[C@@H]1O. The summed E-state index contributed by atoms with van der Waals surface area (Å²) in [5.41, 5.74) is 0. The number of alkyl halides is 1. The van der Waals surface area contributed by atoms with Gasteiger partial charge in [-0.2, -0.15) is 0 Å². The summed E-state index contributed by atoms with van der Waals surface area (Å²) in [4.78, 5) is 0. The molecule has 0 aliphatic carbocycles. The van der Waals surface area contributed by atoms with Crippen molar-refractivity contribution in [1.29, 1.82) is 0 Å². The van der Waals surface area contributed by atoms with Crippen molar-refractivity contribution in [3.05, 3.63) is 0 Å².